The van der Waals surface area contributed by atoms with E-state index < -0.39 is 5.97 Å². The number of nitrogens with one attached hydrogen (secondary N) is 1. The molecule has 2 aromatic rings. The molecule has 1 aliphatic rings. The SMILES string of the molecule is COC(=O)c1ccc(Cl)c(NC(=O)[C@@H]2CCCN(Cc3ccccc3Cl)C2)c1. The third-order valence-corrected chi connectivity index (χ3v) is 5.57. The van der Waals surface area contributed by atoms with Crippen molar-refractivity contribution in [3.8, 4) is 0 Å². The zero-order chi connectivity index (χ0) is 20.1. The molecule has 0 unspecified atom stereocenters. The van der Waals surface area contributed by atoms with Crippen molar-refractivity contribution in [3.63, 3.8) is 0 Å². The van der Waals surface area contributed by atoms with Gasteiger partial charge in [0.05, 0.1) is 29.3 Å². The van der Waals surface area contributed by atoms with Crippen LogP contribution < -0.4 is 5.32 Å². The number of amides is 1. The number of carbonyl (C=O) groups is 2. The van der Waals surface area contributed by atoms with Crippen LogP contribution in [-0.2, 0) is 16.1 Å². The maximum Gasteiger partial charge on any atom is 0.337 e. The summed E-state index contributed by atoms with van der Waals surface area (Å²) >= 11 is 12.4. The molecule has 1 aliphatic heterocycles. The van der Waals surface area contributed by atoms with E-state index in [2.05, 4.69) is 10.2 Å². The van der Waals surface area contributed by atoms with Crippen LogP contribution in [0.2, 0.25) is 10.0 Å². The summed E-state index contributed by atoms with van der Waals surface area (Å²) in [7, 11) is 1.31. The molecule has 0 spiro atoms. The predicted octanol–water partition coefficient (Wildman–Crippen LogP) is 4.63. The van der Waals surface area contributed by atoms with Crippen LogP contribution in [0.25, 0.3) is 0 Å². The molecule has 7 heteroatoms. The number of methoxy groups -OCH3 is 1. The van der Waals surface area contributed by atoms with Gasteiger partial charge in [-0.05, 0) is 49.2 Å². The van der Waals surface area contributed by atoms with Crippen LogP contribution in [0, 0.1) is 5.92 Å². The molecule has 1 amide bonds. The van der Waals surface area contributed by atoms with Gasteiger partial charge in [0.2, 0.25) is 5.91 Å². The van der Waals surface area contributed by atoms with Gasteiger partial charge in [0.15, 0.2) is 0 Å². The fraction of sp³-hybridized carbons (Fsp3) is 0.333. The fourth-order valence-corrected chi connectivity index (χ4v) is 3.74. The first-order valence-corrected chi connectivity index (χ1v) is 9.88. The lowest BCUT2D eigenvalue weighted by Gasteiger charge is -2.32. The van der Waals surface area contributed by atoms with Crippen molar-refractivity contribution in [2.45, 2.75) is 19.4 Å². The van der Waals surface area contributed by atoms with Gasteiger partial charge < -0.3 is 10.1 Å². The van der Waals surface area contributed by atoms with Crippen LogP contribution in [0.5, 0.6) is 0 Å². The number of likely N-dealkylation sites (tertiary alicyclic amines) is 1. The van der Waals surface area contributed by atoms with E-state index in [-0.39, 0.29) is 11.8 Å². The molecule has 1 heterocycles. The molecule has 5 nitrogen and oxygen atoms in total. The lowest BCUT2D eigenvalue weighted by molar-refractivity contribution is -0.121. The van der Waals surface area contributed by atoms with Gasteiger partial charge in [0, 0.05) is 18.1 Å². The average molecular weight is 421 g/mol. The largest absolute Gasteiger partial charge is 0.465 e. The summed E-state index contributed by atoms with van der Waals surface area (Å²) in [6.45, 7) is 2.28. The quantitative estimate of drug-likeness (QED) is 0.716. The fourth-order valence-electron chi connectivity index (χ4n) is 3.38. The third kappa shape index (κ3) is 5.04. The molecule has 0 aliphatic carbocycles. The summed E-state index contributed by atoms with van der Waals surface area (Å²) in [4.78, 5) is 26.7. The Morgan fingerprint density at radius 1 is 1.18 bits per heavy atom. The van der Waals surface area contributed by atoms with Crippen LogP contribution >= 0.6 is 23.2 Å². The minimum atomic E-state index is -0.476. The Morgan fingerprint density at radius 2 is 1.96 bits per heavy atom. The Bertz CT molecular complexity index is 872. The molecule has 28 heavy (non-hydrogen) atoms. The molecule has 0 saturated carbocycles. The molecule has 1 saturated heterocycles. The van der Waals surface area contributed by atoms with Crippen LogP contribution in [0.4, 0.5) is 5.69 Å². The number of hydrogen-bond acceptors (Lipinski definition) is 4. The van der Waals surface area contributed by atoms with Crippen LogP contribution in [0.1, 0.15) is 28.8 Å². The number of esters is 1. The Kier molecular flexibility index (Phi) is 6.94. The predicted molar refractivity (Wildman–Crippen MR) is 111 cm³/mol. The summed E-state index contributed by atoms with van der Waals surface area (Å²) in [5, 5.41) is 3.98. The normalized spacial score (nSPS) is 17.2. The number of rotatable bonds is 5. The van der Waals surface area contributed by atoms with E-state index in [4.69, 9.17) is 27.9 Å². The van der Waals surface area contributed by atoms with Gasteiger partial charge >= 0.3 is 5.97 Å². The van der Waals surface area contributed by atoms with Crippen molar-refractivity contribution in [2.75, 3.05) is 25.5 Å². The van der Waals surface area contributed by atoms with E-state index in [9.17, 15) is 9.59 Å². The van der Waals surface area contributed by atoms with Gasteiger partial charge in [0.1, 0.15) is 0 Å². The van der Waals surface area contributed by atoms with E-state index in [1.54, 1.807) is 12.1 Å². The highest BCUT2D eigenvalue weighted by Gasteiger charge is 2.26. The second-order valence-corrected chi connectivity index (χ2v) is 7.66. The number of anilines is 1. The smallest absolute Gasteiger partial charge is 0.337 e. The van der Waals surface area contributed by atoms with Crippen LogP contribution in [-0.4, -0.2) is 37.0 Å². The molecule has 0 aromatic heterocycles. The van der Waals surface area contributed by atoms with E-state index in [0.29, 0.717) is 29.4 Å². The Labute approximate surface area is 174 Å². The minimum Gasteiger partial charge on any atom is -0.465 e. The molecule has 0 radical (unpaired) electrons. The molecular weight excluding hydrogens is 399 g/mol. The van der Waals surface area contributed by atoms with E-state index in [1.807, 2.05) is 24.3 Å². The second-order valence-electron chi connectivity index (χ2n) is 6.84. The minimum absolute atomic E-state index is 0.104. The summed E-state index contributed by atoms with van der Waals surface area (Å²) in [5.74, 6) is -0.738. The summed E-state index contributed by atoms with van der Waals surface area (Å²) in [5.41, 5.74) is 1.81. The Hall–Kier alpha value is -2.08. The van der Waals surface area contributed by atoms with Crippen molar-refractivity contribution in [1.82, 2.24) is 4.90 Å². The van der Waals surface area contributed by atoms with Gasteiger partial charge in [-0.2, -0.15) is 0 Å². The molecule has 1 atom stereocenters. The van der Waals surface area contributed by atoms with E-state index in [0.717, 1.165) is 30.0 Å². The topological polar surface area (TPSA) is 58.6 Å². The number of carbonyl (C=O) groups excluding carboxylic acids is 2. The first kappa shape index (κ1) is 20.6. The molecular formula is C21H22Cl2N2O3. The zero-order valence-corrected chi connectivity index (χ0v) is 17.1. The number of nitrogens with zero attached hydrogens (tertiary/aromatic N) is 1. The van der Waals surface area contributed by atoms with Crippen LogP contribution in [0.3, 0.4) is 0 Å². The van der Waals surface area contributed by atoms with Gasteiger partial charge in [-0.15, -0.1) is 0 Å². The highest BCUT2D eigenvalue weighted by molar-refractivity contribution is 6.34. The molecule has 3 rings (SSSR count). The molecule has 1 fully saturated rings. The van der Waals surface area contributed by atoms with Gasteiger partial charge in [0.25, 0.3) is 0 Å². The standard InChI is InChI=1S/C21H22Cl2N2O3/c1-28-21(27)14-8-9-18(23)19(11-14)24-20(26)16-6-4-10-25(13-16)12-15-5-2-3-7-17(15)22/h2-3,5,7-9,11,16H,4,6,10,12-13H2,1H3,(H,24,26)/t16-/m1/s1. The van der Waals surface area contributed by atoms with Crippen molar-refractivity contribution in [1.29, 1.82) is 0 Å². The average Bonchev–Trinajstić information content (AvgIpc) is 2.71. The maximum absolute atomic E-state index is 12.8. The number of benzene rings is 2. The molecule has 1 N–H and O–H groups in total. The second kappa shape index (κ2) is 9.41. The maximum atomic E-state index is 12.8. The number of ether oxygens (including phenoxy) is 1. The Morgan fingerprint density at radius 3 is 2.71 bits per heavy atom. The summed E-state index contributed by atoms with van der Waals surface area (Å²) in [6, 6.07) is 12.4. The Balaban J connectivity index is 1.66. The number of halogens is 2. The highest BCUT2D eigenvalue weighted by atomic mass is 35.5. The first-order chi connectivity index (χ1) is 13.5. The van der Waals surface area contributed by atoms with Gasteiger partial charge in [-0.25, -0.2) is 4.79 Å². The van der Waals surface area contributed by atoms with Gasteiger partial charge in [-0.1, -0.05) is 41.4 Å². The monoisotopic (exact) mass is 420 g/mol. The van der Waals surface area contributed by atoms with Crippen molar-refractivity contribution in [3.05, 3.63) is 63.6 Å². The summed E-state index contributed by atoms with van der Waals surface area (Å²) in [6.07, 6.45) is 1.73. The first-order valence-electron chi connectivity index (χ1n) is 9.12. The zero-order valence-electron chi connectivity index (χ0n) is 15.6. The number of hydrogen-bond donors (Lipinski definition) is 1. The third-order valence-electron chi connectivity index (χ3n) is 4.87. The van der Waals surface area contributed by atoms with Crippen molar-refractivity contribution < 1.29 is 14.3 Å². The van der Waals surface area contributed by atoms with Crippen LogP contribution in [0.15, 0.2) is 42.5 Å². The molecule has 0 bridgehead atoms. The lowest BCUT2D eigenvalue weighted by Crippen LogP contribution is -2.40. The molecule has 148 valence electrons. The highest BCUT2D eigenvalue weighted by Crippen LogP contribution is 2.27. The van der Waals surface area contributed by atoms with Crippen molar-refractivity contribution >= 4 is 40.8 Å². The molecule has 2 aromatic carbocycles. The van der Waals surface area contributed by atoms with Crippen molar-refractivity contribution in [2.24, 2.45) is 5.92 Å². The van der Waals surface area contributed by atoms with Gasteiger partial charge in [-0.3, -0.25) is 9.69 Å². The summed E-state index contributed by atoms with van der Waals surface area (Å²) < 4.78 is 4.72. The van der Waals surface area contributed by atoms with E-state index >= 15 is 0 Å². The van der Waals surface area contributed by atoms with E-state index in [1.165, 1.54) is 13.2 Å². The lowest BCUT2D eigenvalue weighted by atomic mass is 9.96. The number of piperidine rings is 1.